The Morgan fingerprint density at radius 2 is 1.24 bits per heavy atom. The number of benzene rings is 2. The Hall–Kier alpha value is -3.48. The molecule has 2 aromatic carbocycles. The van der Waals surface area contributed by atoms with Crippen molar-refractivity contribution in [3.63, 3.8) is 0 Å². The van der Waals surface area contributed by atoms with Crippen LogP contribution in [0, 0.1) is 0 Å². The van der Waals surface area contributed by atoms with Gasteiger partial charge in [-0.2, -0.15) is 0 Å². The van der Waals surface area contributed by atoms with Crippen LogP contribution in [0.5, 0.6) is 0 Å². The number of Topliss-reactive ketones (excluding diaryl/α,β-unsaturated/α-hetero) is 1. The summed E-state index contributed by atoms with van der Waals surface area (Å²) in [5.74, 6) is -3.76. The Kier molecular flexibility index (Phi) is 4.97. The van der Waals surface area contributed by atoms with Crippen LogP contribution in [0.2, 0.25) is 0 Å². The highest BCUT2D eigenvalue weighted by Gasteiger charge is 2.19. The van der Waals surface area contributed by atoms with Gasteiger partial charge in [0.1, 0.15) is 0 Å². The zero-order valence-corrected chi connectivity index (χ0v) is 13.4. The number of methoxy groups -OCH3 is 1. The number of carboxylic acids is 2. The number of carboxylic acid groups (broad SMARTS) is 2. The minimum Gasteiger partial charge on any atom is -0.478 e. The maximum absolute atomic E-state index is 11.8. The second-order valence-corrected chi connectivity index (χ2v) is 5.18. The number of esters is 1. The highest BCUT2D eigenvalue weighted by molar-refractivity contribution is 6.06. The molecule has 0 atom stereocenters. The van der Waals surface area contributed by atoms with E-state index in [0.717, 1.165) is 7.11 Å². The summed E-state index contributed by atoms with van der Waals surface area (Å²) in [6.45, 7) is 1.26. The summed E-state index contributed by atoms with van der Waals surface area (Å²) < 4.78 is 4.59. The van der Waals surface area contributed by atoms with E-state index in [4.69, 9.17) is 5.11 Å². The highest BCUT2D eigenvalue weighted by Crippen LogP contribution is 2.26. The van der Waals surface area contributed by atoms with Crippen molar-refractivity contribution in [2.24, 2.45) is 0 Å². The van der Waals surface area contributed by atoms with Crippen LogP contribution < -0.4 is 0 Å². The van der Waals surface area contributed by atoms with Crippen LogP contribution in [0.4, 0.5) is 0 Å². The first-order valence-electron chi connectivity index (χ1n) is 7.10. The first-order chi connectivity index (χ1) is 11.8. The largest absolute Gasteiger partial charge is 0.478 e. The molecule has 7 nitrogen and oxygen atoms in total. The Morgan fingerprint density at radius 3 is 1.68 bits per heavy atom. The molecule has 0 spiro atoms. The second-order valence-electron chi connectivity index (χ2n) is 5.18. The van der Waals surface area contributed by atoms with Gasteiger partial charge in [0.05, 0.1) is 23.8 Å². The lowest BCUT2D eigenvalue weighted by atomic mass is 9.95. The van der Waals surface area contributed by atoms with E-state index in [0.29, 0.717) is 11.1 Å². The fraction of sp³-hybridized carbons (Fsp3) is 0.111. The van der Waals surface area contributed by atoms with Crippen molar-refractivity contribution in [3.05, 3.63) is 58.7 Å². The molecule has 0 fully saturated rings. The van der Waals surface area contributed by atoms with E-state index >= 15 is 0 Å². The SMILES string of the molecule is COC(=O)c1cc(-c2ccc(C(C)=O)c(C(=O)O)c2)ccc1C(=O)O. The average Bonchev–Trinajstić information content (AvgIpc) is 2.59. The van der Waals surface area contributed by atoms with Gasteiger partial charge >= 0.3 is 17.9 Å². The molecule has 0 bridgehead atoms. The van der Waals surface area contributed by atoms with Crippen molar-refractivity contribution in [1.29, 1.82) is 0 Å². The third-order valence-corrected chi connectivity index (χ3v) is 3.62. The third-order valence-electron chi connectivity index (χ3n) is 3.62. The van der Waals surface area contributed by atoms with Crippen molar-refractivity contribution in [2.45, 2.75) is 6.92 Å². The molecule has 0 saturated carbocycles. The fourth-order valence-electron chi connectivity index (χ4n) is 2.40. The van der Waals surface area contributed by atoms with E-state index in [9.17, 15) is 24.3 Å². The average molecular weight is 342 g/mol. The number of rotatable bonds is 5. The molecule has 2 N–H and O–H groups in total. The van der Waals surface area contributed by atoms with Gasteiger partial charge in [0, 0.05) is 5.56 Å². The van der Waals surface area contributed by atoms with Crippen molar-refractivity contribution in [1.82, 2.24) is 0 Å². The van der Waals surface area contributed by atoms with Crippen LogP contribution in [0.3, 0.4) is 0 Å². The summed E-state index contributed by atoms with van der Waals surface area (Å²) in [4.78, 5) is 45.9. The topological polar surface area (TPSA) is 118 Å². The maximum atomic E-state index is 11.8. The molecule has 0 radical (unpaired) electrons. The predicted molar refractivity (Wildman–Crippen MR) is 87.1 cm³/mol. The summed E-state index contributed by atoms with van der Waals surface area (Å²) in [6, 6.07) is 8.21. The van der Waals surface area contributed by atoms with Crippen LogP contribution in [0.25, 0.3) is 11.1 Å². The standard InChI is InChI=1S/C18H14O7/c1-9(19)12-5-3-10(7-14(12)17(22)23)11-4-6-13(16(20)21)15(8-11)18(24)25-2/h3-8H,1-2H3,(H,20,21)(H,22,23). The van der Waals surface area contributed by atoms with Gasteiger partial charge in [-0.1, -0.05) is 12.1 Å². The molecule has 0 heterocycles. The Bertz CT molecular complexity index is 896. The molecule has 0 aliphatic rings. The Labute approximate surface area is 142 Å². The third kappa shape index (κ3) is 3.55. The van der Waals surface area contributed by atoms with Gasteiger partial charge < -0.3 is 14.9 Å². The molecule has 2 aromatic rings. The number of hydrogen-bond acceptors (Lipinski definition) is 5. The number of ether oxygens (including phenoxy) is 1. The van der Waals surface area contributed by atoms with Gasteiger partial charge in [-0.25, -0.2) is 14.4 Å². The molecule has 7 heteroatoms. The van der Waals surface area contributed by atoms with Crippen LogP contribution in [0.1, 0.15) is 48.4 Å². The molecule has 0 unspecified atom stereocenters. The molecular weight excluding hydrogens is 328 g/mol. The number of ketones is 1. The monoisotopic (exact) mass is 342 g/mol. The van der Waals surface area contributed by atoms with E-state index in [-0.39, 0.29) is 28.0 Å². The molecule has 2 rings (SSSR count). The molecule has 0 aliphatic carbocycles. The highest BCUT2D eigenvalue weighted by atomic mass is 16.5. The Balaban J connectivity index is 2.64. The van der Waals surface area contributed by atoms with E-state index < -0.39 is 17.9 Å². The lowest BCUT2D eigenvalue weighted by molar-refractivity contribution is 0.0582. The molecule has 128 valence electrons. The fourth-order valence-corrected chi connectivity index (χ4v) is 2.40. The van der Waals surface area contributed by atoms with Crippen LogP contribution in [-0.2, 0) is 4.74 Å². The number of carbonyl (C=O) groups is 4. The van der Waals surface area contributed by atoms with E-state index in [1.54, 1.807) is 0 Å². The quantitative estimate of drug-likeness (QED) is 0.633. The van der Waals surface area contributed by atoms with Gasteiger partial charge in [-0.05, 0) is 42.3 Å². The van der Waals surface area contributed by atoms with Crippen molar-refractivity contribution >= 4 is 23.7 Å². The molecule has 25 heavy (non-hydrogen) atoms. The van der Waals surface area contributed by atoms with E-state index in [2.05, 4.69) is 4.74 Å². The second kappa shape index (κ2) is 6.96. The zero-order valence-electron chi connectivity index (χ0n) is 13.4. The number of aromatic carboxylic acids is 2. The van der Waals surface area contributed by atoms with Gasteiger partial charge in [-0.3, -0.25) is 4.79 Å². The summed E-state index contributed by atoms with van der Waals surface area (Å²) in [6.07, 6.45) is 0. The molecule has 0 aliphatic heterocycles. The maximum Gasteiger partial charge on any atom is 0.338 e. The Morgan fingerprint density at radius 1 is 0.760 bits per heavy atom. The van der Waals surface area contributed by atoms with Crippen LogP contribution >= 0.6 is 0 Å². The first-order valence-corrected chi connectivity index (χ1v) is 7.10. The summed E-state index contributed by atoms with van der Waals surface area (Å²) in [7, 11) is 1.13. The summed E-state index contributed by atoms with van der Waals surface area (Å²) in [5.41, 5.74) is 0.348. The van der Waals surface area contributed by atoms with Crippen molar-refractivity contribution in [2.75, 3.05) is 7.11 Å². The minimum absolute atomic E-state index is 0.0617. The summed E-state index contributed by atoms with van der Waals surface area (Å²) >= 11 is 0. The van der Waals surface area contributed by atoms with E-state index in [1.807, 2.05) is 0 Å². The van der Waals surface area contributed by atoms with Gasteiger partial charge in [0.25, 0.3) is 0 Å². The van der Waals surface area contributed by atoms with Crippen molar-refractivity contribution < 1.29 is 34.1 Å². The van der Waals surface area contributed by atoms with Gasteiger partial charge in [0.15, 0.2) is 5.78 Å². The molecule has 0 amide bonds. The molecule has 0 saturated heterocycles. The van der Waals surface area contributed by atoms with Crippen LogP contribution in [-0.4, -0.2) is 41.0 Å². The first kappa shape index (κ1) is 17.9. The molecule has 0 aromatic heterocycles. The zero-order chi connectivity index (χ0) is 18.7. The molecular formula is C18H14O7. The number of carbonyl (C=O) groups excluding carboxylic acids is 2. The predicted octanol–water partition coefficient (Wildman–Crippen LogP) is 2.74. The van der Waals surface area contributed by atoms with Crippen molar-refractivity contribution in [3.8, 4) is 11.1 Å². The lowest BCUT2D eigenvalue weighted by Crippen LogP contribution is -2.10. The van der Waals surface area contributed by atoms with E-state index in [1.165, 1.54) is 43.3 Å². The normalized spacial score (nSPS) is 10.2. The van der Waals surface area contributed by atoms with Gasteiger partial charge in [0.2, 0.25) is 0 Å². The minimum atomic E-state index is -1.29. The number of hydrogen-bond donors (Lipinski definition) is 2. The lowest BCUT2D eigenvalue weighted by Gasteiger charge is -2.10. The van der Waals surface area contributed by atoms with Crippen LogP contribution in [0.15, 0.2) is 36.4 Å². The summed E-state index contributed by atoms with van der Waals surface area (Å²) in [5, 5.41) is 18.4. The van der Waals surface area contributed by atoms with Gasteiger partial charge in [-0.15, -0.1) is 0 Å². The smallest absolute Gasteiger partial charge is 0.338 e.